The minimum absolute atomic E-state index is 0.0614. The van der Waals surface area contributed by atoms with Gasteiger partial charge in [-0.2, -0.15) is 0 Å². The Hall–Kier alpha value is -2.41. The molecule has 0 amide bonds. The highest BCUT2D eigenvalue weighted by Gasteiger charge is 2.12. The molecule has 0 atom stereocenters. The zero-order valence-corrected chi connectivity index (χ0v) is 16.2. The number of carbonyl (C=O) groups is 1. The fourth-order valence-electron chi connectivity index (χ4n) is 2.78. The van der Waals surface area contributed by atoms with E-state index in [2.05, 4.69) is 36.0 Å². The Bertz CT molecular complexity index is 763. The first-order valence-electron chi connectivity index (χ1n) is 9.72. The summed E-state index contributed by atoms with van der Waals surface area (Å²) in [5.74, 6) is 6.65. The SMILES string of the molecule is CCCCCC#Cc1c(CCCCC)nnn1-c1ccc(C(C)=O)cc1. The molecule has 0 aliphatic rings. The van der Waals surface area contributed by atoms with E-state index in [4.69, 9.17) is 0 Å². The molecule has 0 spiro atoms. The molecule has 0 aliphatic carbocycles. The molecule has 2 aromatic rings. The lowest BCUT2D eigenvalue weighted by atomic mass is 10.1. The highest BCUT2D eigenvalue weighted by Crippen LogP contribution is 2.16. The van der Waals surface area contributed by atoms with Gasteiger partial charge in [0.1, 0.15) is 5.69 Å². The van der Waals surface area contributed by atoms with E-state index >= 15 is 0 Å². The van der Waals surface area contributed by atoms with Gasteiger partial charge in [0.05, 0.1) is 11.4 Å². The van der Waals surface area contributed by atoms with Crippen molar-refractivity contribution in [1.29, 1.82) is 0 Å². The standard InChI is InChI=1S/C22H29N3O/c1-4-6-8-9-11-13-22-21(12-10-7-5-2)23-24-25(22)20-16-14-19(15-17-20)18(3)26/h14-17H,4-10,12H2,1-3H3. The number of nitrogens with zero attached hydrogens (tertiary/aromatic N) is 3. The van der Waals surface area contributed by atoms with E-state index in [1.54, 1.807) is 11.6 Å². The van der Waals surface area contributed by atoms with Crippen LogP contribution in [-0.4, -0.2) is 20.8 Å². The van der Waals surface area contributed by atoms with E-state index in [1.165, 1.54) is 25.7 Å². The van der Waals surface area contributed by atoms with Gasteiger partial charge in [-0.3, -0.25) is 4.79 Å². The number of carbonyl (C=O) groups excluding carboxylic acids is 1. The molecule has 0 bridgehead atoms. The van der Waals surface area contributed by atoms with Crippen molar-refractivity contribution in [2.24, 2.45) is 0 Å². The number of hydrogen-bond acceptors (Lipinski definition) is 3. The Morgan fingerprint density at radius 1 is 1.04 bits per heavy atom. The van der Waals surface area contributed by atoms with E-state index < -0.39 is 0 Å². The van der Waals surface area contributed by atoms with E-state index in [-0.39, 0.29) is 5.78 Å². The summed E-state index contributed by atoms with van der Waals surface area (Å²) in [7, 11) is 0. The van der Waals surface area contributed by atoms with Crippen molar-refractivity contribution < 1.29 is 4.79 Å². The molecule has 26 heavy (non-hydrogen) atoms. The summed E-state index contributed by atoms with van der Waals surface area (Å²) in [5, 5.41) is 8.71. The van der Waals surface area contributed by atoms with Crippen molar-refractivity contribution in [2.45, 2.75) is 72.1 Å². The van der Waals surface area contributed by atoms with Gasteiger partial charge in [-0.15, -0.1) is 5.10 Å². The van der Waals surface area contributed by atoms with Crippen LogP contribution >= 0.6 is 0 Å². The second-order valence-electron chi connectivity index (χ2n) is 6.62. The topological polar surface area (TPSA) is 47.8 Å². The predicted molar refractivity (Wildman–Crippen MR) is 106 cm³/mol. The van der Waals surface area contributed by atoms with Gasteiger partial charge in [0.25, 0.3) is 0 Å². The zero-order chi connectivity index (χ0) is 18.8. The fraction of sp³-hybridized carbons (Fsp3) is 0.500. The van der Waals surface area contributed by atoms with Crippen molar-refractivity contribution in [2.75, 3.05) is 0 Å². The van der Waals surface area contributed by atoms with Crippen LogP contribution in [0.3, 0.4) is 0 Å². The van der Waals surface area contributed by atoms with Gasteiger partial charge in [0, 0.05) is 12.0 Å². The van der Waals surface area contributed by atoms with Gasteiger partial charge in [-0.25, -0.2) is 4.68 Å². The van der Waals surface area contributed by atoms with E-state index in [1.807, 2.05) is 24.3 Å². The molecule has 0 saturated carbocycles. The van der Waals surface area contributed by atoms with Gasteiger partial charge in [-0.05, 0) is 56.4 Å². The lowest BCUT2D eigenvalue weighted by molar-refractivity contribution is 0.101. The molecule has 138 valence electrons. The monoisotopic (exact) mass is 351 g/mol. The first-order chi connectivity index (χ1) is 12.7. The van der Waals surface area contributed by atoms with Crippen molar-refractivity contribution >= 4 is 5.78 Å². The Morgan fingerprint density at radius 2 is 1.73 bits per heavy atom. The summed E-state index contributed by atoms with van der Waals surface area (Å²) in [6.45, 7) is 5.97. The number of aromatic nitrogens is 3. The van der Waals surface area contributed by atoms with Crippen LogP contribution in [0.1, 0.15) is 87.5 Å². The minimum Gasteiger partial charge on any atom is -0.295 e. The largest absolute Gasteiger partial charge is 0.295 e. The third-order valence-electron chi connectivity index (χ3n) is 4.39. The van der Waals surface area contributed by atoms with Gasteiger partial charge in [0.15, 0.2) is 5.78 Å². The molecule has 4 heteroatoms. The van der Waals surface area contributed by atoms with Crippen LogP contribution in [0.15, 0.2) is 24.3 Å². The first kappa shape index (κ1) is 19.9. The first-order valence-corrected chi connectivity index (χ1v) is 9.72. The maximum Gasteiger partial charge on any atom is 0.159 e. The molecule has 1 heterocycles. The van der Waals surface area contributed by atoms with E-state index in [0.717, 1.165) is 42.8 Å². The van der Waals surface area contributed by atoms with Crippen molar-refractivity contribution in [3.8, 4) is 17.5 Å². The van der Waals surface area contributed by atoms with Crippen LogP contribution in [-0.2, 0) is 6.42 Å². The van der Waals surface area contributed by atoms with Gasteiger partial charge in [-0.1, -0.05) is 50.7 Å². The highest BCUT2D eigenvalue weighted by atomic mass is 16.1. The lowest BCUT2D eigenvalue weighted by Crippen LogP contribution is -2.02. The van der Waals surface area contributed by atoms with Crippen molar-refractivity contribution in [3.05, 3.63) is 41.2 Å². The number of benzene rings is 1. The average Bonchev–Trinajstić information content (AvgIpc) is 3.04. The number of aryl methyl sites for hydroxylation is 1. The Morgan fingerprint density at radius 3 is 2.38 bits per heavy atom. The van der Waals surface area contributed by atoms with Crippen molar-refractivity contribution in [1.82, 2.24) is 15.0 Å². The second-order valence-corrected chi connectivity index (χ2v) is 6.62. The van der Waals surface area contributed by atoms with Crippen LogP contribution in [0.25, 0.3) is 5.69 Å². The van der Waals surface area contributed by atoms with Crippen LogP contribution in [0.2, 0.25) is 0 Å². The summed E-state index contributed by atoms with van der Waals surface area (Å²) >= 11 is 0. The normalized spacial score (nSPS) is 10.4. The number of Topliss-reactive ketones (excluding diaryl/α,β-unsaturated/α-hetero) is 1. The van der Waals surface area contributed by atoms with E-state index in [9.17, 15) is 4.79 Å². The van der Waals surface area contributed by atoms with Gasteiger partial charge >= 0.3 is 0 Å². The summed E-state index contributed by atoms with van der Waals surface area (Å²) in [6, 6.07) is 7.47. The maximum atomic E-state index is 11.5. The molecule has 0 saturated heterocycles. The molecule has 2 rings (SSSR count). The molecule has 0 unspecified atom stereocenters. The van der Waals surface area contributed by atoms with Crippen LogP contribution < -0.4 is 0 Å². The van der Waals surface area contributed by atoms with Crippen LogP contribution in [0.5, 0.6) is 0 Å². The third-order valence-corrected chi connectivity index (χ3v) is 4.39. The van der Waals surface area contributed by atoms with E-state index in [0.29, 0.717) is 5.56 Å². The molecule has 4 nitrogen and oxygen atoms in total. The molecular formula is C22H29N3O. The molecule has 1 aromatic heterocycles. The fourth-order valence-corrected chi connectivity index (χ4v) is 2.78. The Labute approximate surface area is 157 Å². The van der Waals surface area contributed by atoms with Gasteiger partial charge < -0.3 is 0 Å². The average molecular weight is 351 g/mol. The molecule has 0 fully saturated rings. The molecule has 0 aliphatic heterocycles. The summed E-state index contributed by atoms with van der Waals surface area (Å²) in [4.78, 5) is 11.5. The maximum absolute atomic E-state index is 11.5. The molecule has 1 aromatic carbocycles. The molecule has 0 N–H and O–H groups in total. The number of unbranched alkanes of at least 4 members (excludes halogenated alkanes) is 5. The Balaban J connectivity index is 2.27. The zero-order valence-electron chi connectivity index (χ0n) is 16.2. The predicted octanol–water partition coefficient (Wildman–Crippen LogP) is 5.13. The number of ketones is 1. The van der Waals surface area contributed by atoms with Gasteiger partial charge in [0.2, 0.25) is 0 Å². The van der Waals surface area contributed by atoms with Crippen molar-refractivity contribution in [3.63, 3.8) is 0 Å². The van der Waals surface area contributed by atoms with Crippen LogP contribution in [0, 0.1) is 11.8 Å². The Kier molecular flexibility index (Phi) is 8.08. The number of rotatable bonds is 9. The molecular weight excluding hydrogens is 322 g/mol. The quantitative estimate of drug-likeness (QED) is 0.357. The minimum atomic E-state index is 0.0614. The second kappa shape index (κ2) is 10.6. The third kappa shape index (κ3) is 5.56. The smallest absolute Gasteiger partial charge is 0.159 e. The summed E-state index contributed by atoms with van der Waals surface area (Å²) < 4.78 is 1.80. The number of hydrogen-bond donors (Lipinski definition) is 0. The lowest BCUT2D eigenvalue weighted by Gasteiger charge is -2.04. The highest BCUT2D eigenvalue weighted by molar-refractivity contribution is 5.94. The van der Waals surface area contributed by atoms with Crippen LogP contribution in [0.4, 0.5) is 0 Å². The molecule has 0 radical (unpaired) electrons. The summed E-state index contributed by atoms with van der Waals surface area (Å²) in [6.07, 6.45) is 8.80. The summed E-state index contributed by atoms with van der Waals surface area (Å²) in [5.41, 5.74) is 3.44.